The van der Waals surface area contributed by atoms with Crippen LogP contribution in [0.2, 0.25) is 0 Å². The number of benzene rings is 2. The van der Waals surface area contributed by atoms with Crippen molar-refractivity contribution in [3.05, 3.63) is 48.3 Å². The van der Waals surface area contributed by atoms with E-state index in [4.69, 9.17) is 4.52 Å². The zero-order chi connectivity index (χ0) is 12.5. The molecular formula is C13H8N2O3. The summed E-state index contributed by atoms with van der Waals surface area (Å²) < 4.78 is 5.01. The van der Waals surface area contributed by atoms with Gasteiger partial charge in [0.1, 0.15) is 0 Å². The van der Waals surface area contributed by atoms with Gasteiger partial charge in [0.2, 0.25) is 0 Å². The van der Waals surface area contributed by atoms with E-state index in [2.05, 4.69) is 10.1 Å². The molecule has 5 nitrogen and oxygen atoms in total. The Hall–Kier alpha value is -2.69. The minimum Gasteiger partial charge on any atom is -0.478 e. The maximum Gasteiger partial charge on any atom is 0.336 e. The molecule has 88 valence electrons. The van der Waals surface area contributed by atoms with Gasteiger partial charge in [0, 0.05) is 10.9 Å². The van der Waals surface area contributed by atoms with Gasteiger partial charge in [0.15, 0.2) is 6.33 Å². The number of carboxylic acid groups (broad SMARTS) is 1. The van der Waals surface area contributed by atoms with Gasteiger partial charge in [-0.2, -0.15) is 4.98 Å². The van der Waals surface area contributed by atoms with Crippen molar-refractivity contribution in [2.45, 2.75) is 0 Å². The molecule has 0 aliphatic rings. The average Bonchev–Trinajstić information content (AvgIpc) is 2.91. The monoisotopic (exact) mass is 240 g/mol. The highest BCUT2D eigenvalue weighted by Crippen LogP contribution is 2.29. The Labute approximate surface area is 102 Å². The summed E-state index contributed by atoms with van der Waals surface area (Å²) in [6.45, 7) is 0. The van der Waals surface area contributed by atoms with Crippen molar-refractivity contribution in [3.63, 3.8) is 0 Å². The number of aromatic carboxylic acids is 1. The van der Waals surface area contributed by atoms with Crippen molar-refractivity contribution in [3.8, 4) is 11.5 Å². The highest BCUT2D eigenvalue weighted by Gasteiger charge is 2.15. The molecular weight excluding hydrogens is 232 g/mol. The van der Waals surface area contributed by atoms with Crippen molar-refractivity contribution in [1.29, 1.82) is 0 Å². The van der Waals surface area contributed by atoms with Gasteiger partial charge in [-0.1, -0.05) is 29.4 Å². The molecule has 0 radical (unpaired) electrons. The van der Waals surface area contributed by atoms with Gasteiger partial charge >= 0.3 is 5.97 Å². The molecule has 3 aromatic rings. The van der Waals surface area contributed by atoms with Gasteiger partial charge in [-0.05, 0) is 17.5 Å². The first kappa shape index (κ1) is 10.5. The predicted molar refractivity (Wildman–Crippen MR) is 64.2 cm³/mol. The molecule has 3 rings (SSSR count). The minimum absolute atomic E-state index is 0.223. The second kappa shape index (κ2) is 3.96. The maximum absolute atomic E-state index is 11.3. The largest absolute Gasteiger partial charge is 0.478 e. The lowest BCUT2D eigenvalue weighted by molar-refractivity contribution is 0.0699. The van der Waals surface area contributed by atoms with Crippen LogP contribution in [0.15, 0.2) is 47.2 Å². The van der Waals surface area contributed by atoms with E-state index >= 15 is 0 Å². The number of hydrogen-bond donors (Lipinski definition) is 1. The van der Waals surface area contributed by atoms with Gasteiger partial charge in [0.05, 0.1) is 5.56 Å². The average molecular weight is 240 g/mol. The van der Waals surface area contributed by atoms with E-state index in [1.165, 1.54) is 6.33 Å². The van der Waals surface area contributed by atoms with Crippen LogP contribution in [0.4, 0.5) is 0 Å². The standard InChI is InChI=1S/C13H8N2O3/c16-13(17)10-6-2-4-8-3-1-5-9(11(8)10)12-14-7-15-18-12/h1-7H,(H,16,17). The van der Waals surface area contributed by atoms with Gasteiger partial charge in [-0.15, -0.1) is 0 Å². The van der Waals surface area contributed by atoms with Gasteiger partial charge < -0.3 is 9.63 Å². The number of rotatable bonds is 2. The summed E-state index contributed by atoms with van der Waals surface area (Å²) in [5.41, 5.74) is 0.851. The number of nitrogens with zero attached hydrogens (tertiary/aromatic N) is 2. The Morgan fingerprint density at radius 3 is 2.61 bits per heavy atom. The lowest BCUT2D eigenvalue weighted by Gasteiger charge is -2.05. The highest BCUT2D eigenvalue weighted by molar-refractivity contribution is 6.09. The van der Waals surface area contributed by atoms with Gasteiger partial charge in [-0.3, -0.25) is 0 Å². The van der Waals surface area contributed by atoms with Crippen LogP contribution < -0.4 is 0 Å². The summed E-state index contributed by atoms with van der Waals surface area (Å²) in [5.74, 6) is -0.665. The fourth-order valence-electron chi connectivity index (χ4n) is 1.99. The minimum atomic E-state index is -0.979. The van der Waals surface area contributed by atoms with Crippen molar-refractivity contribution < 1.29 is 14.4 Å². The molecule has 1 aromatic heterocycles. The molecule has 0 aliphatic heterocycles. The van der Waals surface area contributed by atoms with Gasteiger partial charge in [0.25, 0.3) is 5.89 Å². The van der Waals surface area contributed by atoms with E-state index in [0.29, 0.717) is 16.8 Å². The van der Waals surface area contributed by atoms with Crippen LogP contribution in [0.1, 0.15) is 10.4 Å². The fourth-order valence-corrected chi connectivity index (χ4v) is 1.99. The molecule has 0 saturated heterocycles. The summed E-state index contributed by atoms with van der Waals surface area (Å²) >= 11 is 0. The highest BCUT2D eigenvalue weighted by atomic mass is 16.5. The Bertz CT molecular complexity index is 715. The van der Waals surface area contributed by atoms with Crippen LogP contribution in [0.5, 0.6) is 0 Å². The number of aromatic nitrogens is 2. The third-order valence-corrected chi connectivity index (χ3v) is 2.73. The summed E-state index contributed by atoms with van der Waals surface area (Å²) in [6.07, 6.45) is 1.29. The summed E-state index contributed by atoms with van der Waals surface area (Å²) in [6, 6.07) is 10.6. The maximum atomic E-state index is 11.3. The van der Waals surface area contributed by atoms with Crippen molar-refractivity contribution >= 4 is 16.7 Å². The van der Waals surface area contributed by atoms with E-state index in [9.17, 15) is 9.90 Å². The number of carbonyl (C=O) groups is 1. The molecule has 18 heavy (non-hydrogen) atoms. The quantitative estimate of drug-likeness (QED) is 0.745. The third-order valence-electron chi connectivity index (χ3n) is 2.73. The van der Waals surface area contributed by atoms with Gasteiger partial charge in [-0.25, -0.2) is 4.79 Å². The smallest absolute Gasteiger partial charge is 0.336 e. The summed E-state index contributed by atoms with van der Waals surface area (Å²) in [7, 11) is 0. The van der Waals surface area contributed by atoms with Crippen LogP contribution in [0.25, 0.3) is 22.2 Å². The summed E-state index contributed by atoms with van der Waals surface area (Å²) in [4.78, 5) is 15.2. The molecule has 0 aliphatic carbocycles. The normalized spacial score (nSPS) is 10.7. The lowest BCUT2D eigenvalue weighted by Crippen LogP contribution is -1.98. The number of hydrogen-bond acceptors (Lipinski definition) is 4. The second-order valence-corrected chi connectivity index (χ2v) is 3.76. The predicted octanol–water partition coefficient (Wildman–Crippen LogP) is 2.59. The first-order valence-corrected chi connectivity index (χ1v) is 5.29. The van der Waals surface area contributed by atoms with Crippen LogP contribution >= 0.6 is 0 Å². The third kappa shape index (κ3) is 1.53. The zero-order valence-electron chi connectivity index (χ0n) is 9.20. The Kier molecular flexibility index (Phi) is 2.30. The Balaban J connectivity index is 2.42. The zero-order valence-corrected chi connectivity index (χ0v) is 9.20. The molecule has 0 amide bonds. The Morgan fingerprint density at radius 2 is 1.94 bits per heavy atom. The molecule has 1 heterocycles. The van der Waals surface area contributed by atoms with Crippen molar-refractivity contribution in [1.82, 2.24) is 10.1 Å². The van der Waals surface area contributed by atoms with E-state index in [1.54, 1.807) is 18.2 Å². The first-order chi connectivity index (χ1) is 8.77. The molecule has 2 aromatic carbocycles. The van der Waals surface area contributed by atoms with E-state index in [0.717, 1.165) is 5.39 Å². The molecule has 1 N–H and O–H groups in total. The SMILES string of the molecule is O=C(O)c1cccc2cccc(-c3ncno3)c12. The number of fused-ring (bicyclic) bond motifs is 1. The van der Waals surface area contributed by atoms with Crippen molar-refractivity contribution in [2.75, 3.05) is 0 Å². The van der Waals surface area contributed by atoms with E-state index < -0.39 is 5.97 Å². The fraction of sp³-hybridized carbons (Fsp3) is 0. The van der Waals surface area contributed by atoms with Crippen LogP contribution in [-0.4, -0.2) is 21.2 Å². The second-order valence-electron chi connectivity index (χ2n) is 3.76. The Morgan fingerprint density at radius 1 is 1.17 bits per heavy atom. The molecule has 0 spiro atoms. The molecule has 0 atom stereocenters. The number of carboxylic acids is 1. The first-order valence-electron chi connectivity index (χ1n) is 5.29. The lowest BCUT2D eigenvalue weighted by atomic mass is 9.99. The molecule has 0 bridgehead atoms. The molecule has 0 fully saturated rings. The topological polar surface area (TPSA) is 76.2 Å². The van der Waals surface area contributed by atoms with E-state index in [1.807, 2.05) is 18.2 Å². The molecule has 0 unspecified atom stereocenters. The van der Waals surface area contributed by atoms with Crippen molar-refractivity contribution in [2.24, 2.45) is 0 Å². The van der Waals surface area contributed by atoms with Crippen LogP contribution in [0.3, 0.4) is 0 Å². The molecule has 5 heteroatoms. The molecule has 0 saturated carbocycles. The van der Waals surface area contributed by atoms with E-state index in [-0.39, 0.29) is 5.56 Å². The van der Waals surface area contributed by atoms with Crippen LogP contribution in [-0.2, 0) is 0 Å². The summed E-state index contributed by atoms with van der Waals surface area (Å²) in [5, 5.41) is 14.2. The van der Waals surface area contributed by atoms with Crippen LogP contribution in [0, 0.1) is 0 Å².